The van der Waals surface area contributed by atoms with Gasteiger partial charge in [0, 0.05) is 15.8 Å². The molecule has 0 spiro atoms. The summed E-state index contributed by atoms with van der Waals surface area (Å²) < 4.78 is 1.22. The number of ketones is 1. The van der Waals surface area contributed by atoms with Crippen molar-refractivity contribution >= 4 is 28.8 Å². The number of carbonyl (C=O) groups is 1. The fraction of sp³-hybridized carbons (Fsp3) is 0.474. The standard InChI is InChI=1S/C19H28OSSi/c1-21(15-14-16-10-8-9-11-16)19(22(2,3)4)18(20)17-12-6-5-7-13-17/h5-7,12-14H,8-11,15H2,1-4H3. The molecule has 2 rings (SSSR count). The maximum atomic E-state index is 13.0. The second-order valence-corrected chi connectivity index (χ2v) is 14.5. The number of hydrogen-bond acceptors (Lipinski definition) is 1. The van der Waals surface area contributed by atoms with E-state index in [2.05, 4.69) is 32.0 Å². The molecule has 0 aliphatic heterocycles. The molecule has 120 valence electrons. The van der Waals surface area contributed by atoms with Crippen LogP contribution in [-0.4, -0.2) is 30.4 Å². The first kappa shape index (κ1) is 17.4. The lowest BCUT2D eigenvalue weighted by atomic mass is 10.1. The Morgan fingerprint density at radius 2 is 1.73 bits per heavy atom. The second kappa shape index (κ2) is 7.56. The lowest BCUT2D eigenvalue weighted by Crippen LogP contribution is -2.39. The lowest BCUT2D eigenvalue weighted by molar-refractivity contribution is 0.107. The summed E-state index contributed by atoms with van der Waals surface area (Å²) in [5.41, 5.74) is 2.47. The molecule has 1 atom stereocenters. The highest BCUT2D eigenvalue weighted by Gasteiger charge is 2.28. The van der Waals surface area contributed by atoms with E-state index in [1.165, 1.54) is 30.2 Å². The van der Waals surface area contributed by atoms with Gasteiger partial charge in [-0.05, 0) is 31.9 Å². The second-order valence-electron chi connectivity index (χ2n) is 7.15. The van der Waals surface area contributed by atoms with Crippen molar-refractivity contribution in [2.75, 3.05) is 12.0 Å². The molecule has 0 saturated heterocycles. The van der Waals surface area contributed by atoms with Gasteiger partial charge in [0.1, 0.15) is 0 Å². The van der Waals surface area contributed by atoms with Crippen LogP contribution in [0.4, 0.5) is 0 Å². The number of rotatable bonds is 5. The Balaban J connectivity index is 2.30. The van der Waals surface area contributed by atoms with Gasteiger partial charge in [0.05, 0.1) is 8.07 Å². The topological polar surface area (TPSA) is 17.1 Å². The Kier molecular flexibility index (Phi) is 5.99. The highest BCUT2D eigenvalue weighted by atomic mass is 32.2. The Labute approximate surface area is 138 Å². The van der Waals surface area contributed by atoms with Gasteiger partial charge in [-0.15, -0.1) is 0 Å². The normalized spacial score (nSPS) is 17.3. The van der Waals surface area contributed by atoms with Crippen LogP contribution in [0.25, 0.3) is 0 Å². The average molecular weight is 333 g/mol. The van der Waals surface area contributed by atoms with Crippen molar-refractivity contribution in [1.29, 1.82) is 0 Å². The summed E-state index contributed by atoms with van der Waals surface area (Å²) in [6.07, 6.45) is 9.92. The fourth-order valence-corrected chi connectivity index (χ4v) is 9.45. The molecule has 1 nitrogen and oxygen atoms in total. The largest absolute Gasteiger partial charge is 0.289 e. The molecule has 1 aromatic carbocycles. The van der Waals surface area contributed by atoms with Gasteiger partial charge in [-0.2, -0.15) is 10.5 Å². The van der Waals surface area contributed by atoms with Crippen LogP contribution in [0, 0.1) is 0 Å². The van der Waals surface area contributed by atoms with Crippen LogP contribution in [0.1, 0.15) is 36.0 Å². The maximum Gasteiger partial charge on any atom is 0.190 e. The highest BCUT2D eigenvalue weighted by molar-refractivity contribution is 8.19. The SMILES string of the molecule is C/S(CC=C1CCCC1)=C(/C(=O)c1ccccc1)[Si](C)(C)C. The molecule has 1 unspecified atom stereocenters. The van der Waals surface area contributed by atoms with Gasteiger partial charge in [0.2, 0.25) is 0 Å². The van der Waals surface area contributed by atoms with E-state index >= 15 is 0 Å². The predicted molar refractivity (Wildman–Crippen MR) is 104 cm³/mol. The maximum absolute atomic E-state index is 13.0. The molecule has 0 bridgehead atoms. The van der Waals surface area contributed by atoms with Gasteiger partial charge >= 0.3 is 0 Å². The summed E-state index contributed by atoms with van der Waals surface area (Å²) in [6.45, 7) is 6.90. The minimum absolute atomic E-state index is 0.0486. The molecule has 1 aliphatic carbocycles. The lowest BCUT2D eigenvalue weighted by Gasteiger charge is -2.23. The quantitative estimate of drug-likeness (QED) is 0.309. The molecule has 3 heteroatoms. The number of carbonyl (C=O) groups excluding carboxylic acids is 1. The summed E-state index contributed by atoms with van der Waals surface area (Å²) in [6, 6.07) is 9.80. The van der Waals surface area contributed by atoms with Crippen LogP contribution in [0.2, 0.25) is 19.6 Å². The molecular formula is C19H28OSSi. The van der Waals surface area contributed by atoms with Gasteiger partial charge in [0.15, 0.2) is 5.78 Å². The first-order chi connectivity index (χ1) is 10.4. The third kappa shape index (κ3) is 4.53. The van der Waals surface area contributed by atoms with E-state index in [4.69, 9.17) is 0 Å². The predicted octanol–water partition coefficient (Wildman–Crippen LogP) is 5.32. The number of benzene rings is 1. The van der Waals surface area contributed by atoms with Crippen molar-refractivity contribution in [3.05, 3.63) is 47.5 Å². The fourth-order valence-electron chi connectivity index (χ4n) is 3.10. The van der Waals surface area contributed by atoms with E-state index in [0.29, 0.717) is 0 Å². The van der Waals surface area contributed by atoms with E-state index in [1.54, 1.807) is 5.57 Å². The summed E-state index contributed by atoms with van der Waals surface area (Å²) >= 11 is 0. The summed E-state index contributed by atoms with van der Waals surface area (Å²) in [4.78, 5) is 13.0. The number of Topliss-reactive ketones (excluding diaryl/α,β-unsaturated/α-hetero) is 1. The zero-order chi connectivity index (χ0) is 16.2. The van der Waals surface area contributed by atoms with E-state index in [0.717, 1.165) is 11.3 Å². The Morgan fingerprint density at radius 3 is 2.27 bits per heavy atom. The minimum atomic E-state index is -1.62. The molecule has 0 aromatic heterocycles. The molecule has 1 fully saturated rings. The molecule has 1 saturated carbocycles. The molecule has 0 radical (unpaired) electrons. The van der Waals surface area contributed by atoms with E-state index in [1.807, 2.05) is 30.3 Å². The van der Waals surface area contributed by atoms with E-state index in [9.17, 15) is 4.79 Å². The molecule has 22 heavy (non-hydrogen) atoms. The Morgan fingerprint density at radius 1 is 1.14 bits per heavy atom. The Bertz CT molecular complexity index is 586. The van der Waals surface area contributed by atoms with Crippen molar-refractivity contribution in [2.24, 2.45) is 0 Å². The van der Waals surface area contributed by atoms with Crippen molar-refractivity contribution < 1.29 is 4.79 Å². The van der Waals surface area contributed by atoms with Crippen molar-refractivity contribution in [3.63, 3.8) is 0 Å². The summed E-state index contributed by atoms with van der Waals surface area (Å²) in [5.74, 6) is 1.34. The van der Waals surface area contributed by atoms with Crippen molar-refractivity contribution in [1.82, 2.24) is 0 Å². The molecule has 0 N–H and O–H groups in total. The van der Waals surface area contributed by atoms with Crippen LogP contribution >= 0.6 is 10.5 Å². The summed E-state index contributed by atoms with van der Waals surface area (Å²) in [5, 5.41) is 0. The van der Waals surface area contributed by atoms with Crippen LogP contribution in [-0.2, 0) is 0 Å². The van der Waals surface area contributed by atoms with Crippen molar-refractivity contribution in [2.45, 2.75) is 45.3 Å². The van der Waals surface area contributed by atoms with Gasteiger partial charge in [-0.1, -0.05) is 61.6 Å². The van der Waals surface area contributed by atoms with E-state index < -0.39 is 8.07 Å². The average Bonchev–Trinajstić information content (AvgIpc) is 2.98. The van der Waals surface area contributed by atoms with Crippen molar-refractivity contribution in [3.8, 4) is 0 Å². The zero-order valence-corrected chi connectivity index (χ0v) is 16.1. The van der Waals surface area contributed by atoms with Crippen LogP contribution in [0.15, 0.2) is 42.0 Å². The third-order valence-electron chi connectivity index (χ3n) is 4.14. The monoisotopic (exact) mass is 332 g/mol. The minimum Gasteiger partial charge on any atom is -0.289 e. The molecule has 1 aliphatic rings. The van der Waals surface area contributed by atoms with E-state index in [-0.39, 0.29) is 16.3 Å². The molecular weight excluding hydrogens is 304 g/mol. The molecule has 1 aromatic rings. The van der Waals surface area contributed by atoms with Gasteiger partial charge in [-0.25, -0.2) is 0 Å². The van der Waals surface area contributed by atoms with Gasteiger partial charge < -0.3 is 0 Å². The Hall–Kier alpha value is -0.933. The smallest absolute Gasteiger partial charge is 0.190 e. The van der Waals surface area contributed by atoms with Crippen LogP contribution < -0.4 is 0 Å². The van der Waals surface area contributed by atoms with Crippen LogP contribution in [0.5, 0.6) is 0 Å². The van der Waals surface area contributed by atoms with Gasteiger partial charge in [0.25, 0.3) is 0 Å². The zero-order valence-electron chi connectivity index (χ0n) is 14.3. The first-order valence-electron chi connectivity index (χ1n) is 8.17. The summed E-state index contributed by atoms with van der Waals surface area (Å²) in [7, 11) is -1.57. The molecule has 0 heterocycles. The number of hydrogen-bond donors (Lipinski definition) is 0. The molecule has 0 amide bonds. The first-order valence-corrected chi connectivity index (χ1v) is 13.5. The highest BCUT2D eigenvalue weighted by Crippen LogP contribution is 2.27. The van der Waals surface area contributed by atoms with Gasteiger partial charge in [-0.3, -0.25) is 4.79 Å². The number of allylic oxidation sites excluding steroid dienone is 1. The van der Waals surface area contributed by atoms with Crippen LogP contribution in [0.3, 0.4) is 0 Å². The third-order valence-corrected chi connectivity index (χ3v) is 10.2.